The third-order valence-corrected chi connectivity index (χ3v) is 5.28. The van der Waals surface area contributed by atoms with Gasteiger partial charge >= 0.3 is 6.03 Å². The number of H-pyrrole nitrogens is 1. The molecule has 1 aliphatic heterocycles. The first-order valence-corrected chi connectivity index (χ1v) is 9.29. The maximum absolute atomic E-state index is 12.4. The van der Waals surface area contributed by atoms with E-state index in [1.54, 1.807) is 11.9 Å². The highest BCUT2D eigenvalue weighted by Gasteiger charge is 2.31. The van der Waals surface area contributed by atoms with Crippen molar-refractivity contribution in [3.8, 4) is 0 Å². The average Bonchev–Trinajstić information content (AvgIpc) is 3.16. The summed E-state index contributed by atoms with van der Waals surface area (Å²) in [6.45, 7) is 5.83. The summed E-state index contributed by atoms with van der Waals surface area (Å²) in [5.41, 5.74) is 3.50. The minimum Gasteiger partial charge on any atom is -0.340 e. The van der Waals surface area contributed by atoms with Crippen LogP contribution in [0.25, 0.3) is 0 Å². The number of nitrogens with zero attached hydrogens (tertiary/aromatic N) is 3. The van der Waals surface area contributed by atoms with Gasteiger partial charge < -0.3 is 15.1 Å². The van der Waals surface area contributed by atoms with E-state index in [2.05, 4.69) is 15.5 Å². The highest BCUT2D eigenvalue weighted by atomic mass is 16.2. The van der Waals surface area contributed by atoms with E-state index >= 15 is 0 Å². The monoisotopic (exact) mass is 347 g/mol. The van der Waals surface area contributed by atoms with Crippen LogP contribution in [0.2, 0.25) is 0 Å². The van der Waals surface area contributed by atoms with Gasteiger partial charge in [0.15, 0.2) is 0 Å². The average molecular weight is 347 g/mol. The number of aryl methyl sites for hydroxylation is 1. The molecule has 1 saturated heterocycles. The zero-order chi connectivity index (χ0) is 18.0. The lowest BCUT2D eigenvalue weighted by atomic mass is 9.96. The SMILES string of the molecule is CC(C)N1C[C@H](CNC(=O)N(C)Cc2n[nH]c3c2CCCC3)CC1=O. The number of aromatic amines is 1. The Labute approximate surface area is 149 Å². The number of amides is 3. The van der Waals surface area contributed by atoms with Crippen molar-refractivity contribution in [2.24, 2.45) is 5.92 Å². The number of likely N-dealkylation sites (tertiary alicyclic amines) is 1. The van der Waals surface area contributed by atoms with Crippen LogP contribution in [0.5, 0.6) is 0 Å². The fourth-order valence-corrected chi connectivity index (χ4v) is 3.79. The first kappa shape index (κ1) is 17.8. The molecule has 0 radical (unpaired) electrons. The Hall–Kier alpha value is -2.05. The maximum atomic E-state index is 12.4. The minimum atomic E-state index is -0.108. The van der Waals surface area contributed by atoms with Crippen LogP contribution in [0.3, 0.4) is 0 Å². The third-order valence-electron chi connectivity index (χ3n) is 5.28. The summed E-state index contributed by atoms with van der Waals surface area (Å²) in [4.78, 5) is 27.9. The first-order chi connectivity index (χ1) is 12.0. The number of hydrogen-bond acceptors (Lipinski definition) is 3. The lowest BCUT2D eigenvalue weighted by molar-refractivity contribution is -0.129. The number of hydrogen-bond donors (Lipinski definition) is 2. The molecule has 1 aliphatic carbocycles. The summed E-state index contributed by atoms with van der Waals surface area (Å²) >= 11 is 0. The van der Waals surface area contributed by atoms with Crippen molar-refractivity contribution < 1.29 is 9.59 Å². The van der Waals surface area contributed by atoms with Crippen LogP contribution >= 0.6 is 0 Å². The largest absolute Gasteiger partial charge is 0.340 e. The van der Waals surface area contributed by atoms with Gasteiger partial charge in [-0.25, -0.2) is 4.79 Å². The van der Waals surface area contributed by atoms with Crippen LogP contribution in [-0.4, -0.2) is 58.1 Å². The summed E-state index contributed by atoms with van der Waals surface area (Å²) in [6.07, 6.45) is 5.02. The van der Waals surface area contributed by atoms with E-state index in [0.29, 0.717) is 19.5 Å². The van der Waals surface area contributed by atoms with Crippen molar-refractivity contribution in [1.82, 2.24) is 25.3 Å². The Morgan fingerprint density at radius 3 is 2.88 bits per heavy atom. The number of rotatable bonds is 5. The molecule has 3 amide bonds. The van der Waals surface area contributed by atoms with Gasteiger partial charge in [-0.3, -0.25) is 9.89 Å². The van der Waals surface area contributed by atoms with Crippen molar-refractivity contribution in [2.45, 2.75) is 58.5 Å². The predicted octanol–water partition coefficient (Wildman–Crippen LogP) is 1.69. The van der Waals surface area contributed by atoms with Crippen molar-refractivity contribution >= 4 is 11.9 Å². The number of carbonyl (C=O) groups excluding carboxylic acids is 2. The Kier molecular flexibility index (Phi) is 5.30. The first-order valence-electron chi connectivity index (χ1n) is 9.29. The van der Waals surface area contributed by atoms with Crippen molar-refractivity contribution in [3.05, 3.63) is 17.0 Å². The van der Waals surface area contributed by atoms with Gasteiger partial charge in [0.2, 0.25) is 5.91 Å². The molecule has 0 spiro atoms. The second kappa shape index (κ2) is 7.45. The molecule has 3 rings (SSSR count). The van der Waals surface area contributed by atoms with Gasteiger partial charge in [-0.2, -0.15) is 5.10 Å². The zero-order valence-corrected chi connectivity index (χ0v) is 15.5. The molecule has 2 heterocycles. The number of nitrogens with one attached hydrogen (secondary N) is 2. The van der Waals surface area contributed by atoms with Gasteiger partial charge in [0.25, 0.3) is 0 Å². The van der Waals surface area contributed by atoms with E-state index in [9.17, 15) is 9.59 Å². The molecule has 0 bridgehead atoms. The molecule has 1 atom stereocenters. The van der Waals surface area contributed by atoms with Gasteiger partial charge in [-0.15, -0.1) is 0 Å². The topological polar surface area (TPSA) is 81.3 Å². The molecule has 1 fully saturated rings. The van der Waals surface area contributed by atoms with Crippen molar-refractivity contribution in [3.63, 3.8) is 0 Å². The molecule has 1 aromatic heterocycles. The van der Waals surface area contributed by atoms with E-state index in [4.69, 9.17) is 0 Å². The Balaban J connectivity index is 1.49. The van der Waals surface area contributed by atoms with Gasteiger partial charge in [0, 0.05) is 44.2 Å². The molecule has 7 heteroatoms. The number of aromatic nitrogens is 2. The smallest absolute Gasteiger partial charge is 0.317 e. The second-order valence-corrected chi connectivity index (χ2v) is 7.59. The van der Waals surface area contributed by atoms with Crippen LogP contribution in [0.1, 0.15) is 50.1 Å². The highest BCUT2D eigenvalue weighted by molar-refractivity contribution is 5.79. The Morgan fingerprint density at radius 2 is 2.16 bits per heavy atom. The minimum absolute atomic E-state index is 0.108. The van der Waals surface area contributed by atoms with Crippen LogP contribution in [0.15, 0.2) is 0 Å². The molecular formula is C18H29N5O2. The zero-order valence-electron chi connectivity index (χ0n) is 15.5. The molecule has 7 nitrogen and oxygen atoms in total. The van der Waals surface area contributed by atoms with Crippen LogP contribution in [0.4, 0.5) is 4.79 Å². The predicted molar refractivity (Wildman–Crippen MR) is 95.1 cm³/mol. The van der Waals surface area contributed by atoms with Crippen molar-refractivity contribution in [1.29, 1.82) is 0 Å². The highest BCUT2D eigenvalue weighted by Crippen LogP contribution is 2.23. The summed E-state index contributed by atoms with van der Waals surface area (Å²) in [5, 5.41) is 10.5. The maximum Gasteiger partial charge on any atom is 0.317 e. The Morgan fingerprint density at radius 1 is 1.40 bits per heavy atom. The van der Waals surface area contributed by atoms with Crippen molar-refractivity contribution in [2.75, 3.05) is 20.1 Å². The molecule has 0 unspecified atom stereocenters. The van der Waals surface area contributed by atoms with E-state index in [1.165, 1.54) is 24.1 Å². The van der Waals surface area contributed by atoms with Crippen LogP contribution < -0.4 is 5.32 Å². The molecule has 0 saturated carbocycles. The quantitative estimate of drug-likeness (QED) is 0.850. The number of carbonyl (C=O) groups is 2. The summed E-state index contributed by atoms with van der Waals surface area (Å²) in [5.74, 6) is 0.385. The summed E-state index contributed by atoms with van der Waals surface area (Å²) < 4.78 is 0. The normalized spacial score (nSPS) is 20.1. The van der Waals surface area contributed by atoms with E-state index in [0.717, 1.165) is 25.1 Å². The summed E-state index contributed by atoms with van der Waals surface area (Å²) in [7, 11) is 1.79. The van der Waals surface area contributed by atoms with Gasteiger partial charge in [-0.1, -0.05) is 0 Å². The molecule has 1 aromatic rings. The Bertz CT molecular complexity index is 639. The second-order valence-electron chi connectivity index (χ2n) is 7.59. The van der Waals surface area contributed by atoms with Gasteiger partial charge in [0.05, 0.1) is 12.2 Å². The lowest BCUT2D eigenvalue weighted by Crippen LogP contribution is -2.40. The molecular weight excluding hydrogens is 318 g/mol. The van der Waals surface area contributed by atoms with Gasteiger partial charge in [-0.05, 0) is 45.1 Å². The van der Waals surface area contributed by atoms with E-state index < -0.39 is 0 Å². The number of urea groups is 1. The third kappa shape index (κ3) is 3.96. The lowest BCUT2D eigenvalue weighted by Gasteiger charge is -2.22. The standard InChI is InChI=1S/C18H29N5O2/c1-12(2)23-10-13(8-17(23)24)9-19-18(25)22(3)11-16-14-6-4-5-7-15(14)20-21-16/h12-13H,4-11H2,1-3H3,(H,19,25)(H,20,21)/t13-/m0/s1. The fraction of sp³-hybridized carbons (Fsp3) is 0.722. The van der Waals surface area contributed by atoms with E-state index in [1.807, 2.05) is 18.7 Å². The molecule has 25 heavy (non-hydrogen) atoms. The van der Waals surface area contributed by atoms with Crippen LogP contribution in [-0.2, 0) is 24.2 Å². The molecule has 0 aromatic carbocycles. The molecule has 2 aliphatic rings. The number of fused-ring (bicyclic) bond motifs is 1. The van der Waals surface area contributed by atoms with E-state index in [-0.39, 0.29) is 23.9 Å². The fourth-order valence-electron chi connectivity index (χ4n) is 3.79. The molecule has 138 valence electrons. The summed E-state index contributed by atoms with van der Waals surface area (Å²) in [6, 6.07) is 0.115. The van der Waals surface area contributed by atoms with Gasteiger partial charge in [0.1, 0.15) is 0 Å². The molecule has 2 N–H and O–H groups in total. The van der Waals surface area contributed by atoms with Crippen LogP contribution in [0, 0.1) is 5.92 Å².